The molecule has 0 heterocycles. The Bertz CT molecular complexity index is 516. The minimum Gasteiger partial charge on any atom is -0.409 e. The highest BCUT2D eigenvalue weighted by molar-refractivity contribution is 9.10. The SMILES string of the molecule is Cc1cc(C)c(NC(=O)C(C)(C)/C(N)=N/O)c(Br)c1. The van der Waals surface area contributed by atoms with Gasteiger partial charge in [-0.3, -0.25) is 4.79 Å². The van der Waals surface area contributed by atoms with Gasteiger partial charge in [0.2, 0.25) is 5.91 Å². The third kappa shape index (κ3) is 3.26. The van der Waals surface area contributed by atoms with Gasteiger partial charge in [0.1, 0.15) is 5.41 Å². The van der Waals surface area contributed by atoms with Gasteiger partial charge in [-0.2, -0.15) is 0 Å². The van der Waals surface area contributed by atoms with Crippen molar-refractivity contribution in [1.29, 1.82) is 0 Å². The molecule has 104 valence electrons. The van der Waals surface area contributed by atoms with Gasteiger partial charge >= 0.3 is 0 Å². The summed E-state index contributed by atoms with van der Waals surface area (Å²) in [5.74, 6) is -0.471. The Morgan fingerprint density at radius 1 is 1.42 bits per heavy atom. The van der Waals surface area contributed by atoms with E-state index in [0.29, 0.717) is 5.69 Å². The standard InChI is InChI=1S/C13H18BrN3O2/c1-7-5-8(2)10(9(14)6-7)16-12(18)13(3,4)11(15)17-19/h5-6,19H,1-4H3,(H2,15,17)(H,16,18). The summed E-state index contributed by atoms with van der Waals surface area (Å²) in [6.45, 7) is 7.07. The van der Waals surface area contributed by atoms with Crippen molar-refractivity contribution >= 4 is 33.4 Å². The Morgan fingerprint density at radius 3 is 2.47 bits per heavy atom. The molecule has 6 heteroatoms. The van der Waals surface area contributed by atoms with E-state index in [4.69, 9.17) is 10.9 Å². The molecule has 0 saturated carbocycles. The first kappa shape index (κ1) is 15.5. The lowest BCUT2D eigenvalue weighted by Gasteiger charge is -2.23. The molecule has 0 aliphatic heterocycles. The molecule has 0 unspecified atom stereocenters. The number of nitrogens with one attached hydrogen (secondary N) is 1. The molecule has 0 aliphatic carbocycles. The molecule has 0 fully saturated rings. The maximum atomic E-state index is 12.2. The van der Waals surface area contributed by atoms with Crippen molar-refractivity contribution in [2.24, 2.45) is 16.3 Å². The van der Waals surface area contributed by atoms with Crippen LogP contribution in [0.2, 0.25) is 0 Å². The average Bonchev–Trinajstić information content (AvgIpc) is 2.31. The Balaban J connectivity index is 3.08. The third-order valence-electron chi connectivity index (χ3n) is 2.99. The number of amidine groups is 1. The zero-order valence-electron chi connectivity index (χ0n) is 11.4. The maximum Gasteiger partial charge on any atom is 0.237 e. The summed E-state index contributed by atoms with van der Waals surface area (Å²) in [5, 5.41) is 14.4. The van der Waals surface area contributed by atoms with Crippen molar-refractivity contribution in [2.75, 3.05) is 5.32 Å². The highest BCUT2D eigenvalue weighted by Crippen LogP contribution is 2.29. The van der Waals surface area contributed by atoms with E-state index < -0.39 is 5.41 Å². The number of hydrogen-bond donors (Lipinski definition) is 3. The molecule has 1 amide bonds. The zero-order valence-corrected chi connectivity index (χ0v) is 13.0. The number of amides is 1. The van der Waals surface area contributed by atoms with Crippen molar-refractivity contribution in [2.45, 2.75) is 27.7 Å². The fourth-order valence-electron chi connectivity index (χ4n) is 1.59. The number of anilines is 1. The second-order valence-corrected chi connectivity index (χ2v) is 5.86. The van der Waals surface area contributed by atoms with Crippen LogP contribution >= 0.6 is 15.9 Å². The summed E-state index contributed by atoms with van der Waals surface area (Å²) in [5.41, 5.74) is 7.17. The number of rotatable bonds is 3. The van der Waals surface area contributed by atoms with Crippen molar-refractivity contribution in [3.8, 4) is 0 Å². The topological polar surface area (TPSA) is 87.7 Å². The minimum atomic E-state index is -1.09. The number of hydrogen-bond acceptors (Lipinski definition) is 3. The number of nitrogens with two attached hydrogens (primary N) is 1. The van der Waals surface area contributed by atoms with E-state index in [1.54, 1.807) is 13.8 Å². The predicted octanol–water partition coefficient (Wildman–Crippen LogP) is 2.78. The fourth-order valence-corrected chi connectivity index (χ4v) is 2.36. The quantitative estimate of drug-likeness (QED) is 0.345. The van der Waals surface area contributed by atoms with Gasteiger partial charge in [-0.1, -0.05) is 11.2 Å². The zero-order chi connectivity index (χ0) is 14.8. The third-order valence-corrected chi connectivity index (χ3v) is 3.61. The molecule has 0 bridgehead atoms. The van der Waals surface area contributed by atoms with Gasteiger partial charge in [0.25, 0.3) is 0 Å². The summed E-state index contributed by atoms with van der Waals surface area (Å²) in [6, 6.07) is 3.88. The molecule has 0 spiro atoms. The number of oxime groups is 1. The first-order valence-electron chi connectivity index (χ1n) is 5.76. The van der Waals surface area contributed by atoms with E-state index in [0.717, 1.165) is 15.6 Å². The van der Waals surface area contributed by atoms with Crippen LogP contribution < -0.4 is 11.1 Å². The number of benzene rings is 1. The Hall–Kier alpha value is -1.56. The minimum absolute atomic E-state index is 0.133. The molecule has 4 N–H and O–H groups in total. The summed E-state index contributed by atoms with van der Waals surface area (Å²) >= 11 is 3.42. The lowest BCUT2D eigenvalue weighted by Crippen LogP contribution is -2.42. The van der Waals surface area contributed by atoms with E-state index in [9.17, 15) is 4.79 Å². The summed E-state index contributed by atoms with van der Waals surface area (Å²) in [7, 11) is 0. The molecule has 0 aliphatic rings. The van der Waals surface area contributed by atoms with E-state index in [1.165, 1.54) is 0 Å². The van der Waals surface area contributed by atoms with Gasteiger partial charge in [0, 0.05) is 4.47 Å². The highest BCUT2D eigenvalue weighted by Gasteiger charge is 2.33. The van der Waals surface area contributed by atoms with Crippen LogP contribution in [0.1, 0.15) is 25.0 Å². The summed E-state index contributed by atoms with van der Waals surface area (Å²) in [6.07, 6.45) is 0. The monoisotopic (exact) mass is 327 g/mol. The van der Waals surface area contributed by atoms with Gasteiger partial charge in [-0.05, 0) is 60.8 Å². The van der Waals surface area contributed by atoms with Crippen LogP contribution in [0.25, 0.3) is 0 Å². The molecule has 19 heavy (non-hydrogen) atoms. The van der Waals surface area contributed by atoms with Crippen LogP contribution in [-0.2, 0) is 4.79 Å². The van der Waals surface area contributed by atoms with Crippen LogP contribution in [0.4, 0.5) is 5.69 Å². The van der Waals surface area contributed by atoms with Crippen LogP contribution in [0.5, 0.6) is 0 Å². The molecule has 5 nitrogen and oxygen atoms in total. The van der Waals surface area contributed by atoms with Crippen LogP contribution in [0.3, 0.4) is 0 Å². The molecular weight excluding hydrogens is 310 g/mol. The number of nitrogens with zero attached hydrogens (tertiary/aromatic N) is 1. The molecule has 1 aromatic carbocycles. The fraction of sp³-hybridized carbons (Fsp3) is 0.385. The van der Waals surface area contributed by atoms with Crippen molar-refractivity contribution in [1.82, 2.24) is 0 Å². The molecule has 0 aromatic heterocycles. The van der Waals surface area contributed by atoms with E-state index >= 15 is 0 Å². The Kier molecular flexibility index (Phi) is 4.57. The van der Waals surface area contributed by atoms with E-state index in [1.807, 2.05) is 26.0 Å². The number of carbonyl (C=O) groups is 1. The molecule has 0 atom stereocenters. The number of aryl methyl sites for hydroxylation is 2. The smallest absolute Gasteiger partial charge is 0.237 e. The summed E-state index contributed by atoms with van der Waals surface area (Å²) in [4.78, 5) is 12.2. The molecule has 1 rings (SSSR count). The lowest BCUT2D eigenvalue weighted by molar-refractivity contribution is -0.121. The average molecular weight is 328 g/mol. The molecule has 0 radical (unpaired) electrons. The molecular formula is C13H18BrN3O2. The lowest BCUT2D eigenvalue weighted by atomic mass is 9.90. The van der Waals surface area contributed by atoms with Crippen LogP contribution in [0, 0.1) is 19.3 Å². The van der Waals surface area contributed by atoms with Crippen molar-refractivity contribution in [3.05, 3.63) is 27.7 Å². The Labute approximate surface area is 121 Å². The van der Waals surface area contributed by atoms with Gasteiger partial charge in [0.15, 0.2) is 5.84 Å². The summed E-state index contributed by atoms with van der Waals surface area (Å²) < 4.78 is 0.800. The van der Waals surface area contributed by atoms with Gasteiger partial charge in [-0.25, -0.2) is 0 Å². The van der Waals surface area contributed by atoms with Crippen molar-refractivity contribution < 1.29 is 10.0 Å². The normalized spacial score (nSPS) is 12.4. The predicted molar refractivity (Wildman–Crippen MR) is 79.4 cm³/mol. The number of halogens is 1. The van der Waals surface area contributed by atoms with Gasteiger partial charge in [-0.15, -0.1) is 0 Å². The second kappa shape index (κ2) is 5.61. The van der Waals surface area contributed by atoms with Crippen LogP contribution in [-0.4, -0.2) is 17.0 Å². The largest absolute Gasteiger partial charge is 0.409 e. The molecule has 0 saturated heterocycles. The van der Waals surface area contributed by atoms with Crippen LogP contribution in [0.15, 0.2) is 21.8 Å². The molecule has 1 aromatic rings. The van der Waals surface area contributed by atoms with Gasteiger partial charge < -0.3 is 16.3 Å². The first-order valence-corrected chi connectivity index (χ1v) is 6.55. The Morgan fingerprint density at radius 2 is 2.00 bits per heavy atom. The first-order chi connectivity index (χ1) is 8.70. The van der Waals surface area contributed by atoms with E-state index in [2.05, 4.69) is 26.4 Å². The number of carbonyl (C=O) groups excluding carboxylic acids is 1. The van der Waals surface area contributed by atoms with Crippen molar-refractivity contribution in [3.63, 3.8) is 0 Å². The second-order valence-electron chi connectivity index (χ2n) is 5.00. The van der Waals surface area contributed by atoms with Gasteiger partial charge in [0.05, 0.1) is 5.69 Å². The highest BCUT2D eigenvalue weighted by atomic mass is 79.9. The van der Waals surface area contributed by atoms with E-state index in [-0.39, 0.29) is 11.7 Å². The maximum absolute atomic E-state index is 12.2.